The predicted molar refractivity (Wildman–Crippen MR) is 52.9 cm³/mol. The molecule has 0 bridgehead atoms. The topological polar surface area (TPSA) is 86.2 Å². The lowest BCUT2D eigenvalue weighted by molar-refractivity contribution is 0.118. The zero-order chi connectivity index (χ0) is 10.4. The van der Waals surface area contributed by atoms with Crippen molar-refractivity contribution in [1.29, 1.82) is 0 Å². The summed E-state index contributed by atoms with van der Waals surface area (Å²) in [5.74, 6) is 0.550. The second-order valence-corrected chi connectivity index (χ2v) is 3.34. The first-order valence-electron chi connectivity index (χ1n) is 4.59. The van der Waals surface area contributed by atoms with Gasteiger partial charge in [-0.25, -0.2) is 0 Å². The smallest absolute Gasteiger partial charge is 0.316 e. The number of rotatable bonds is 6. The van der Waals surface area contributed by atoms with E-state index in [1.54, 1.807) is 0 Å². The van der Waals surface area contributed by atoms with Gasteiger partial charge in [0, 0.05) is 13.2 Å². The molecule has 6 nitrogen and oxygen atoms in total. The van der Waals surface area contributed by atoms with Crippen LogP contribution in [0.15, 0.2) is 4.42 Å². The van der Waals surface area contributed by atoms with E-state index in [9.17, 15) is 0 Å². The number of hydrogen-bond acceptors (Lipinski definition) is 6. The van der Waals surface area contributed by atoms with E-state index < -0.39 is 0 Å². The standard InChI is InChI=1S/C8H16N4O2/c1-6(2)5-13-4-3-10-8-12-11-7(9)14-8/h6H,3-5H2,1-2H3,(H2,9,11)(H,10,12). The number of hydrogen-bond donors (Lipinski definition) is 2. The average Bonchev–Trinajstić information content (AvgIpc) is 2.50. The van der Waals surface area contributed by atoms with Crippen LogP contribution in [0.4, 0.5) is 12.0 Å². The molecule has 0 atom stereocenters. The monoisotopic (exact) mass is 200 g/mol. The van der Waals surface area contributed by atoms with Crippen molar-refractivity contribution in [1.82, 2.24) is 10.2 Å². The molecule has 1 heterocycles. The summed E-state index contributed by atoms with van der Waals surface area (Å²) in [6.07, 6.45) is 0. The molecular formula is C8H16N4O2. The highest BCUT2D eigenvalue weighted by Crippen LogP contribution is 2.04. The first kappa shape index (κ1) is 10.8. The van der Waals surface area contributed by atoms with Crippen LogP contribution in [0.25, 0.3) is 0 Å². The molecule has 0 radical (unpaired) electrons. The zero-order valence-corrected chi connectivity index (χ0v) is 8.49. The molecule has 0 spiro atoms. The summed E-state index contributed by atoms with van der Waals surface area (Å²) < 4.78 is 10.2. The van der Waals surface area contributed by atoms with E-state index >= 15 is 0 Å². The van der Waals surface area contributed by atoms with E-state index in [-0.39, 0.29) is 6.01 Å². The Morgan fingerprint density at radius 2 is 2.29 bits per heavy atom. The van der Waals surface area contributed by atoms with Crippen LogP contribution in [-0.4, -0.2) is 30.0 Å². The second-order valence-electron chi connectivity index (χ2n) is 3.34. The minimum absolute atomic E-state index is 0.0654. The van der Waals surface area contributed by atoms with Gasteiger partial charge in [-0.2, -0.15) is 0 Å². The van der Waals surface area contributed by atoms with Crippen molar-refractivity contribution >= 4 is 12.0 Å². The molecule has 80 valence electrons. The lowest BCUT2D eigenvalue weighted by Gasteiger charge is -2.06. The van der Waals surface area contributed by atoms with Crippen LogP contribution in [0.2, 0.25) is 0 Å². The number of nitrogen functional groups attached to an aromatic ring is 1. The van der Waals surface area contributed by atoms with Crippen molar-refractivity contribution < 1.29 is 9.15 Å². The Morgan fingerprint density at radius 1 is 1.50 bits per heavy atom. The Morgan fingerprint density at radius 3 is 2.86 bits per heavy atom. The second kappa shape index (κ2) is 5.43. The van der Waals surface area contributed by atoms with Crippen molar-refractivity contribution in [3.63, 3.8) is 0 Å². The molecule has 14 heavy (non-hydrogen) atoms. The highest BCUT2D eigenvalue weighted by atomic mass is 16.5. The van der Waals surface area contributed by atoms with Gasteiger partial charge in [0.25, 0.3) is 0 Å². The summed E-state index contributed by atoms with van der Waals surface area (Å²) in [6.45, 7) is 6.21. The Balaban J connectivity index is 2.04. The lowest BCUT2D eigenvalue weighted by Crippen LogP contribution is -2.12. The van der Waals surface area contributed by atoms with Crippen molar-refractivity contribution in [2.24, 2.45) is 5.92 Å². The maximum atomic E-state index is 5.34. The molecule has 0 unspecified atom stereocenters. The average molecular weight is 200 g/mol. The molecule has 0 saturated heterocycles. The molecule has 3 N–H and O–H groups in total. The van der Waals surface area contributed by atoms with Gasteiger partial charge in [0.05, 0.1) is 6.61 Å². The summed E-state index contributed by atoms with van der Waals surface area (Å²) in [5.41, 5.74) is 5.24. The minimum atomic E-state index is 0.0654. The summed E-state index contributed by atoms with van der Waals surface area (Å²) >= 11 is 0. The van der Waals surface area contributed by atoms with Crippen molar-refractivity contribution in [3.05, 3.63) is 0 Å². The number of nitrogens with two attached hydrogens (primary N) is 1. The maximum absolute atomic E-state index is 5.34. The van der Waals surface area contributed by atoms with E-state index in [1.165, 1.54) is 0 Å². The zero-order valence-electron chi connectivity index (χ0n) is 8.49. The molecule has 0 aliphatic rings. The van der Waals surface area contributed by atoms with Crippen LogP contribution in [0, 0.1) is 5.92 Å². The van der Waals surface area contributed by atoms with E-state index in [4.69, 9.17) is 14.9 Å². The fraction of sp³-hybridized carbons (Fsp3) is 0.750. The molecule has 1 rings (SSSR count). The Labute approximate surface area is 82.8 Å². The lowest BCUT2D eigenvalue weighted by atomic mass is 10.2. The van der Waals surface area contributed by atoms with Crippen LogP contribution >= 0.6 is 0 Å². The van der Waals surface area contributed by atoms with Crippen molar-refractivity contribution in [2.75, 3.05) is 30.8 Å². The first-order chi connectivity index (χ1) is 6.68. The van der Waals surface area contributed by atoms with Crippen LogP contribution in [0.1, 0.15) is 13.8 Å². The number of nitrogens with one attached hydrogen (secondary N) is 1. The third-order valence-electron chi connectivity index (χ3n) is 1.41. The van der Waals surface area contributed by atoms with Gasteiger partial charge in [0.15, 0.2) is 0 Å². The fourth-order valence-electron chi connectivity index (χ4n) is 0.855. The summed E-state index contributed by atoms with van der Waals surface area (Å²) in [6, 6.07) is 0.395. The molecule has 0 aliphatic heterocycles. The number of nitrogens with zero attached hydrogens (tertiary/aromatic N) is 2. The molecule has 1 aromatic heterocycles. The maximum Gasteiger partial charge on any atom is 0.316 e. The minimum Gasteiger partial charge on any atom is -0.390 e. The molecule has 0 fully saturated rings. The number of anilines is 2. The van der Waals surface area contributed by atoms with E-state index in [0.717, 1.165) is 6.61 Å². The van der Waals surface area contributed by atoms with E-state index in [2.05, 4.69) is 29.4 Å². The Kier molecular flexibility index (Phi) is 4.18. The summed E-state index contributed by atoms with van der Waals surface area (Å²) in [4.78, 5) is 0. The van der Waals surface area contributed by atoms with E-state index in [0.29, 0.717) is 25.1 Å². The van der Waals surface area contributed by atoms with Crippen molar-refractivity contribution in [2.45, 2.75) is 13.8 Å². The highest BCUT2D eigenvalue weighted by molar-refractivity contribution is 5.21. The van der Waals surface area contributed by atoms with Gasteiger partial charge >= 0.3 is 12.0 Å². The van der Waals surface area contributed by atoms with Gasteiger partial charge in [-0.1, -0.05) is 24.0 Å². The normalized spacial score (nSPS) is 10.8. The van der Waals surface area contributed by atoms with Gasteiger partial charge < -0.3 is 20.2 Å². The van der Waals surface area contributed by atoms with Crippen LogP contribution in [0.3, 0.4) is 0 Å². The van der Waals surface area contributed by atoms with Gasteiger partial charge in [-0.15, -0.1) is 0 Å². The molecule has 0 aliphatic carbocycles. The van der Waals surface area contributed by atoms with Gasteiger partial charge in [-0.3, -0.25) is 0 Å². The fourth-order valence-corrected chi connectivity index (χ4v) is 0.855. The van der Waals surface area contributed by atoms with Gasteiger partial charge in [-0.05, 0) is 5.92 Å². The first-order valence-corrected chi connectivity index (χ1v) is 4.59. The molecule has 0 aromatic carbocycles. The number of ether oxygens (including phenoxy) is 1. The largest absolute Gasteiger partial charge is 0.390 e. The summed E-state index contributed by atoms with van der Waals surface area (Å²) in [7, 11) is 0. The van der Waals surface area contributed by atoms with Gasteiger partial charge in [0.1, 0.15) is 0 Å². The molecule has 1 aromatic rings. The molecular weight excluding hydrogens is 184 g/mol. The number of aromatic nitrogens is 2. The third kappa shape index (κ3) is 4.08. The van der Waals surface area contributed by atoms with Gasteiger partial charge in [0.2, 0.25) is 0 Å². The third-order valence-corrected chi connectivity index (χ3v) is 1.41. The van der Waals surface area contributed by atoms with Crippen molar-refractivity contribution in [3.8, 4) is 0 Å². The Bertz CT molecular complexity index is 262. The molecule has 0 saturated carbocycles. The van der Waals surface area contributed by atoms with Crippen LogP contribution < -0.4 is 11.1 Å². The molecule has 6 heteroatoms. The van der Waals surface area contributed by atoms with Crippen LogP contribution in [-0.2, 0) is 4.74 Å². The quantitative estimate of drug-likeness (QED) is 0.658. The predicted octanol–water partition coefficient (Wildman–Crippen LogP) is 0.736. The highest BCUT2D eigenvalue weighted by Gasteiger charge is 2.00. The Hall–Kier alpha value is -1.30. The molecule has 0 amide bonds. The summed E-state index contributed by atoms with van der Waals surface area (Å²) in [5, 5.41) is 10.0. The van der Waals surface area contributed by atoms with E-state index in [1.807, 2.05) is 0 Å². The van der Waals surface area contributed by atoms with Crippen LogP contribution in [0.5, 0.6) is 0 Å². The SMILES string of the molecule is CC(C)COCCNc1nnc(N)o1.